The van der Waals surface area contributed by atoms with Crippen molar-refractivity contribution in [3.8, 4) is 0 Å². The Bertz CT molecular complexity index is 1330. The van der Waals surface area contributed by atoms with Crippen LogP contribution >= 0.6 is 23.2 Å². The summed E-state index contributed by atoms with van der Waals surface area (Å²) in [5.41, 5.74) is 6.60. The minimum absolute atomic E-state index is 0.0393. The summed E-state index contributed by atoms with van der Waals surface area (Å²) in [5, 5.41) is 17.3. The molecular weight excluding hydrogens is 532 g/mol. The molecule has 5 N–H and O–H groups in total. The maximum Gasteiger partial charge on any atom is 0.224 e. The van der Waals surface area contributed by atoms with Crippen molar-refractivity contribution in [3.63, 3.8) is 0 Å². The van der Waals surface area contributed by atoms with Gasteiger partial charge in [-0.1, -0.05) is 37.0 Å². The fourth-order valence-corrected chi connectivity index (χ4v) is 6.04. The standard InChI is InChI=1S/C26H32Cl2FN7O2/c1-26(2)8-7-15(11-20(26)37)32-24-31-12-19-23(35-24)36(16-5-3-13(4-6-16)22(30)38)25(33-19)34-21-17(28)9-14(27)10-18(21)29/h9-10,12-13,15-16,20,37H,3-8,11H2,1-2H3,(H2,30,38)(H,33,34)(H,31,32,35)/t13?,15?,16?,20-/m1/s1. The highest BCUT2D eigenvalue weighted by Crippen LogP contribution is 2.39. The first kappa shape index (κ1) is 26.9. The number of nitrogens with one attached hydrogen (secondary N) is 2. The van der Waals surface area contributed by atoms with Crippen molar-refractivity contribution in [2.45, 2.75) is 77.0 Å². The Morgan fingerprint density at radius 1 is 1.18 bits per heavy atom. The predicted octanol–water partition coefficient (Wildman–Crippen LogP) is 5.58. The summed E-state index contributed by atoms with van der Waals surface area (Å²) < 4.78 is 16.7. The quantitative estimate of drug-likeness (QED) is 0.307. The van der Waals surface area contributed by atoms with Gasteiger partial charge in [0.1, 0.15) is 11.3 Å². The van der Waals surface area contributed by atoms with Crippen molar-refractivity contribution in [2.24, 2.45) is 17.1 Å². The number of amides is 1. The Hall–Kier alpha value is -2.69. The molecule has 2 fully saturated rings. The van der Waals surface area contributed by atoms with E-state index >= 15 is 0 Å². The van der Waals surface area contributed by atoms with Crippen molar-refractivity contribution < 1.29 is 14.3 Å². The fourth-order valence-electron chi connectivity index (χ4n) is 5.52. The summed E-state index contributed by atoms with van der Waals surface area (Å²) in [4.78, 5) is 25.7. The van der Waals surface area contributed by atoms with E-state index in [4.69, 9.17) is 33.9 Å². The van der Waals surface area contributed by atoms with Gasteiger partial charge in [0.2, 0.25) is 17.8 Å². The van der Waals surface area contributed by atoms with Gasteiger partial charge in [0, 0.05) is 23.0 Å². The molecule has 204 valence electrons. The highest BCUT2D eigenvalue weighted by Gasteiger charge is 2.35. The van der Waals surface area contributed by atoms with Crippen LogP contribution in [0.25, 0.3) is 11.2 Å². The summed E-state index contributed by atoms with van der Waals surface area (Å²) >= 11 is 12.3. The van der Waals surface area contributed by atoms with Gasteiger partial charge in [0.05, 0.1) is 23.0 Å². The topological polar surface area (TPSA) is 131 Å². The second-order valence-corrected chi connectivity index (χ2v) is 11.9. The number of nitrogens with two attached hydrogens (primary N) is 1. The number of aromatic nitrogens is 4. The Morgan fingerprint density at radius 3 is 2.58 bits per heavy atom. The van der Waals surface area contributed by atoms with E-state index < -0.39 is 11.9 Å². The molecule has 12 heteroatoms. The first-order valence-electron chi connectivity index (χ1n) is 12.9. The lowest BCUT2D eigenvalue weighted by Gasteiger charge is -2.39. The van der Waals surface area contributed by atoms with E-state index in [2.05, 4.69) is 34.4 Å². The molecule has 38 heavy (non-hydrogen) atoms. The van der Waals surface area contributed by atoms with E-state index in [0.717, 1.165) is 12.8 Å². The van der Waals surface area contributed by atoms with Gasteiger partial charge in [-0.2, -0.15) is 4.98 Å². The van der Waals surface area contributed by atoms with Crippen LogP contribution < -0.4 is 16.4 Å². The number of nitrogens with zero attached hydrogens (tertiary/aromatic N) is 4. The van der Waals surface area contributed by atoms with Crippen LogP contribution in [0, 0.1) is 17.2 Å². The van der Waals surface area contributed by atoms with Crippen molar-refractivity contribution in [1.29, 1.82) is 0 Å². The molecule has 1 aromatic carbocycles. The zero-order valence-electron chi connectivity index (χ0n) is 21.3. The maximum atomic E-state index is 14.8. The minimum atomic E-state index is -0.606. The highest BCUT2D eigenvalue weighted by molar-refractivity contribution is 6.36. The monoisotopic (exact) mass is 563 g/mol. The number of aliphatic hydroxyl groups excluding tert-OH is 1. The molecule has 2 atom stereocenters. The number of carbonyl (C=O) groups is 1. The molecule has 0 bridgehead atoms. The fraction of sp³-hybridized carbons (Fsp3) is 0.538. The molecule has 1 amide bonds. The average Bonchev–Trinajstić information content (AvgIpc) is 3.21. The molecule has 2 aliphatic rings. The summed E-state index contributed by atoms with van der Waals surface area (Å²) in [6.45, 7) is 4.15. The van der Waals surface area contributed by atoms with Crippen molar-refractivity contribution in [1.82, 2.24) is 19.5 Å². The van der Waals surface area contributed by atoms with E-state index in [1.165, 1.54) is 12.1 Å². The molecular formula is C26H32Cl2FN7O2. The van der Waals surface area contributed by atoms with Crippen LogP contribution in [-0.2, 0) is 4.79 Å². The van der Waals surface area contributed by atoms with Gasteiger partial charge in [0.25, 0.3) is 0 Å². The van der Waals surface area contributed by atoms with Crippen LogP contribution in [0.2, 0.25) is 10.0 Å². The zero-order chi connectivity index (χ0) is 27.2. The van der Waals surface area contributed by atoms with Gasteiger partial charge in [-0.3, -0.25) is 9.36 Å². The Morgan fingerprint density at radius 2 is 1.92 bits per heavy atom. The third-order valence-corrected chi connectivity index (χ3v) is 8.54. The van der Waals surface area contributed by atoms with Crippen molar-refractivity contribution >= 4 is 57.9 Å². The van der Waals surface area contributed by atoms with Crippen LogP contribution in [0.3, 0.4) is 0 Å². The molecule has 3 aromatic rings. The smallest absolute Gasteiger partial charge is 0.224 e. The van der Waals surface area contributed by atoms with E-state index in [0.29, 0.717) is 55.2 Å². The third kappa shape index (κ3) is 5.39. The predicted molar refractivity (Wildman–Crippen MR) is 146 cm³/mol. The number of halogens is 3. The summed E-state index contributed by atoms with van der Waals surface area (Å²) in [7, 11) is 0. The maximum absolute atomic E-state index is 14.8. The average molecular weight is 564 g/mol. The van der Waals surface area contributed by atoms with Gasteiger partial charge < -0.3 is 21.5 Å². The van der Waals surface area contributed by atoms with Gasteiger partial charge in [0.15, 0.2) is 5.65 Å². The normalized spacial score (nSPS) is 25.3. The highest BCUT2D eigenvalue weighted by atomic mass is 35.5. The molecule has 0 radical (unpaired) electrons. The molecule has 0 aliphatic heterocycles. The lowest BCUT2D eigenvalue weighted by atomic mass is 9.73. The number of fused-ring (bicyclic) bond motifs is 1. The number of imidazole rings is 1. The molecule has 0 spiro atoms. The van der Waals surface area contributed by atoms with Gasteiger partial charge in [-0.25, -0.2) is 14.4 Å². The van der Waals surface area contributed by atoms with E-state index in [9.17, 15) is 14.3 Å². The van der Waals surface area contributed by atoms with Crippen molar-refractivity contribution in [2.75, 3.05) is 10.6 Å². The van der Waals surface area contributed by atoms with Crippen LogP contribution in [0.5, 0.6) is 0 Å². The first-order chi connectivity index (χ1) is 18.0. The van der Waals surface area contributed by atoms with E-state index in [-0.39, 0.29) is 45.1 Å². The molecule has 2 heterocycles. The van der Waals surface area contributed by atoms with Gasteiger partial charge in [-0.05, 0) is 62.5 Å². The molecule has 1 unspecified atom stereocenters. The first-order valence-corrected chi connectivity index (χ1v) is 13.7. The summed E-state index contributed by atoms with van der Waals surface area (Å²) in [6, 6.07) is 2.63. The Balaban J connectivity index is 1.49. The molecule has 5 rings (SSSR count). The lowest BCUT2D eigenvalue weighted by molar-refractivity contribution is -0.122. The number of rotatable bonds is 6. The Labute approximate surface area is 230 Å². The SMILES string of the molecule is CC1(C)CCC(Nc2ncc3nc(Nc4c(F)cc(Cl)cc4Cl)n(C4CCC(C(N)=O)CC4)c3n2)C[C@H]1O. The molecule has 9 nitrogen and oxygen atoms in total. The molecule has 2 aliphatic carbocycles. The van der Waals surface area contributed by atoms with E-state index in [1.54, 1.807) is 6.20 Å². The third-order valence-electron chi connectivity index (χ3n) is 8.02. The molecule has 2 aromatic heterocycles. The molecule has 0 saturated heterocycles. The number of primary amides is 1. The van der Waals surface area contributed by atoms with Crippen LogP contribution in [0.15, 0.2) is 18.3 Å². The minimum Gasteiger partial charge on any atom is -0.392 e. The number of anilines is 3. The largest absolute Gasteiger partial charge is 0.392 e. The van der Waals surface area contributed by atoms with Gasteiger partial charge in [-0.15, -0.1) is 0 Å². The lowest BCUT2D eigenvalue weighted by Crippen LogP contribution is -2.41. The Kier molecular flexibility index (Phi) is 7.41. The second-order valence-electron chi connectivity index (χ2n) is 11.1. The number of benzene rings is 1. The zero-order valence-corrected chi connectivity index (χ0v) is 22.9. The number of hydrogen-bond acceptors (Lipinski definition) is 7. The number of hydrogen-bond donors (Lipinski definition) is 4. The van der Waals surface area contributed by atoms with Crippen LogP contribution in [0.1, 0.15) is 64.8 Å². The van der Waals surface area contributed by atoms with Crippen LogP contribution in [0.4, 0.5) is 22.0 Å². The number of carbonyl (C=O) groups excluding carboxylic acids is 1. The van der Waals surface area contributed by atoms with Crippen LogP contribution in [-0.4, -0.2) is 42.7 Å². The van der Waals surface area contributed by atoms with Gasteiger partial charge >= 0.3 is 0 Å². The summed E-state index contributed by atoms with van der Waals surface area (Å²) in [5.74, 6) is -0.269. The van der Waals surface area contributed by atoms with E-state index in [1.807, 2.05) is 4.57 Å². The summed E-state index contributed by atoms with van der Waals surface area (Å²) in [6.07, 6.45) is 6.24. The number of aliphatic hydroxyl groups is 1. The second kappa shape index (κ2) is 10.5. The molecule has 2 saturated carbocycles. The van der Waals surface area contributed by atoms with Crippen molar-refractivity contribution in [3.05, 3.63) is 34.2 Å².